The van der Waals surface area contributed by atoms with Crippen molar-refractivity contribution in [2.45, 2.75) is 25.5 Å². The Hall–Kier alpha value is -2.48. The van der Waals surface area contributed by atoms with Crippen LogP contribution in [0, 0.1) is 5.82 Å². The van der Waals surface area contributed by atoms with Gasteiger partial charge in [0.05, 0.1) is 6.10 Å². The van der Waals surface area contributed by atoms with Gasteiger partial charge in [-0.2, -0.15) is 0 Å². The van der Waals surface area contributed by atoms with Gasteiger partial charge in [-0.05, 0) is 31.2 Å². The fourth-order valence-corrected chi connectivity index (χ4v) is 1.67. The van der Waals surface area contributed by atoms with Crippen molar-refractivity contribution in [3.63, 3.8) is 0 Å². The van der Waals surface area contributed by atoms with Gasteiger partial charge in [0.1, 0.15) is 11.9 Å². The smallest absolute Gasteiger partial charge is 0.251 e. The van der Waals surface area contributed by atoms with Crippen LogP contribution in [-0.2, 0) is 9.59 Å². The van der Waals surface area contributed by atoms with Gasteiger partial charge in [0.25, 0.3) is 5.91 Å². The van der Waals surface area contributed by atoms with Crippen LogP contribution in [0.25, 0.3) is 0 Å². The quantitative estimate of drug-likeness (QED) is 0.532. The molecule has 120 valence electrons. The average molecular weight is 311 g/mol. The molecule has 22 heavy (non-hydrogen) atoms. The molecule has 0 aliphatic carbocycles. The van der Waals surface area contributed by atoms with Gasteiger partial charge in [-0.15, -0.1) is 0 Å². The lowest BCUT2D eigenvalue weighted by Gasteiger charge is -2.18. The lowest BCUT2D eigenvalue weighted by atomic mass is 10.1. The van der Waals surface area contributed by atoms with Crippen LogP contribution in [0.15, 0.2) is 24.3 Å². The number of hydrogen-bond donors (Lipinski definition) is 4. The van der Waals surface area contributed by atoms with Gasteiger partial charge in [-0.25, -0.2) is 4.39 Å². The van der Waals surface area contributed by atoms with E-state index >= 15 is 0 Å². The number of rotatable bonds is 7. The van der Waals surface area contributed by atoms with Crippen molar-refractivity contribution in [3.05, 3.63) is 35.6 Å². The molecule has 8 heteroatoms. The van der Waals surface area contributed by atoms with Gasteiger partial charge in [-0.1, -0.05) is 0 Å². The summed E-state index contributed by atoms with van der Waals surface area (Å²) in [5.74, 6) is -2.29. The third kappa shape index (κ3) is 5.49. The Labute approximate surface area is 126 Å². The number of benzene rings is 1. The Kier molecular flexibility index (Phi) is 6.46. The summed E-state index contributed by atoms with van der Waals surface area (Å²) in [4.78, 5) is 34.3. The average Bonchev–Trinajstić information content (AvgIpc) is 2.44. The lowest BCUT2D eigenvalue weighted by molar-refractivity contribution is -0.129. The molecule has 1 rings (SSSR count). The summed E-state index contributed by atoms with van der Waals surface area (Å²) in [6.45, 7) is 1.35. The summed E-state index contributed by atoms with van der Waals surface area (Å²) in [5, 5.41) is 14.1. The van der Waals surface area contributed by atoms with Crippen LogP contribution < -0.4 is 16.4 Å². The van der Waals surface area contributed by atoms with Gasteiger partial charge >= 0.3 is 0 Å². The third-order valence-electron chi connectivity index (χ3n) is 2.85. The Morgan fingerprint density at radius 3 is 2.36 bits per heavy atom. The van der Waals surface area contributed by atoms with E-state index in [1.54, 1.807) is 0 Å². The Morgan fingerprint density at radius 1 is 1.27 bits per heavy atom. The number of halogens is 1. The molecule has 0 aliphatic heterocycles. The molecule has 5 N–H and O–H groups in total. The number of amides is 3. The highest BCUT2D eigenvalue weighted by Crippen LogP contribution is 2.02. The molecule has 0 spiro atoms. The fourth-order valence-electron chi connectivity index (χ4n) is 1.67. The summed E-state index contributed by atoms with van der Waals surface area (Å²) in [7, 11) is 0. The van der Waals surface area contributed by atoms with Crippen LogP contribution in [0.1, 0.15) is 23.7 Å². The van der Waals surface area contributed by atoms with E-state index < -0.39 is 35.7 Å². The molecule has 0 bridgehead atoms. The number of carbonyl (C=O) groups excluding carboxylic acids is 3. The summed E-state index contributed by atoms with van der Waals surface area (Å²) in [6, 6.07) is 3.77. The summed E-state index contributed by atoms with van der Waals surface area (Å²) in [6.07, 6.45) is -1.21. The maximum absolute atomic E-state index is 12.7. The zero-order valence-electron chi connectivity index (χ0n) is 12.0. The van der Waals surface area contributed by atoms with Gasteiger partial charge in [-0.3, -0.25) is 14.4 Å². The SMILES string of the molecule is C[C@@H](O)[C@H](NC(=O)CCNC(=O)c1ccc(F)cc1)C(N)=O. The number of aliphatic hydroxyl groups is 1. The minimum absolute atomic E-state index is 0.0212. The van der Waals surface area contributed by atoms with Crippen molar-refractivity contribution in [3.8, 4) is 0 Å². The first kappa shape index (κ1) is 17.6. The van der Waals surface area contributed by atoms with Crippen molar-refractivity contribution >= 4 is 17.7 Å². The van der Waals surface area contributed by atoms with Crippen LogP contribution in [0.5, 0.6) is 0 Å². The van der Waals surface area contributed by atoms with E-state index in [1.807, 2.05) is 0 Å². The van der Waals surface area contributed by atoms with E-state index in [0.717, 1.165) is 12.1 Å². The van der Waals surface area contributed by atoms with Gasteiger partial charge < -0.3 is 21.5 Å². The van der Waals surface area contributed by atoms with Crippen molar-refractivity contribution in [1.82, 2.24) is 10.6 Å². The molecule has 0 aromatic heterocycles. The first-order valence-electron chi connectivity index (χ1n) is 6.61. The molecule has 0 fully saturated rings. The van der Waals surface area contributed by atoms with E-state index in [2.05, 4.69) is 10.6 Å². The molecule has 0 saturated carbocycles. The zero-order chi connectivity index (χ0) is 16.7. The normalized spacial score (nSPS) is 13.0. The largest absolute Gasteiger partial charge is 0.391 e. The van der Waals surface area contributed by atoms with Crippen LogP contribution in [0.4, 0.5) is 4.39 Å². The second-order valence-electron chi connectivity index (χ2n) is 4.70. The van der Waals surface area contributed by atoms with Crippen LogP contribution in [-0.4, -0.2) is 41.5 Å². The van der Waals surface area contributed by atoms with Gasteiger partial charge in [0, 0.05) is 18.5 Å². The highest BCUT2D eigenvalue weighted by molar-refractivity contribution is 5.94. The summed E-state index contributed by atoms with van der Waals surface area (Å²) >= 11 is 0. The highest BCUT2D eigenvalue weighted by atomic mass is 19.1. The zero-order valence-corrected chi connectivity index (χ0v) is 12.0. The molecule has 3 amide bonds. The highest BCUT2D eigenvalue weighted by Gasteiger charge is 2.22. The van der Waals surface area contributed by atoms with Crippen molar-refractivity contribution in [1.29, 1.82) is 0 Å². The maximum Gasteiger partial charge on any atom is 0.251 e. The number of aliphatic hydroxyl groups excluding tert-OH is 1. The molecule has 1 aromatic rings. The second-order valence-corrected chi connectivity index (χ2v) is 4.70. The summed E-state index contributed by atoms with van der Waals surface area (Å²) in [5.41, 5.74) is 5.30. The van der Waals surface area contributed by atoms with E-state index in [0.29, 0.717) is 0 Å². The number of carbonyl (C=O) groups is 3. The van der Waals surface area contributed by atoms with Gasteiger partial charge in [0.15, 0.2) is 0 Å². The summed E-state index contributed by atoms with van der Waals surface area (Å²) < 4.78 is 12.7. The number of hydrogen-bond acceptors (Lipinski definition) is 4. The predicted molar refractivity (Wildman–Crippen MR) is 76.2 cm³/mol. The van der Waals surface area contributed by atoms with Crippen LogP contribution >= 0.6 is 0 Å². The number of nitrogens with one attached hydrogen (secondary N) is 2. The topological polar surface area (TPSA) is 122 Å². The molecule has 0 saturated heterocycles. The third-order valence-corrected chi connectivity index (χ3v) is 2.85. The van der Waals surface area contributed by atoms with Crippen molar-refractivity contribution < 1.29 is 23.9 Å². The second kappa shape index (κ2) is 8.08. The molecule has 0 radical (unpaired) electrons. The Bertz CT molecular complexity index is 546. The molecule has 0 unspecified atom stereocenters. The maximum atomic E-state index is 12.7. The predicted octanol–water partition coefficient (Wildman–Crippen LogP) is -0.703. The van der Waals surface area contributed by atoms with Crippen molar-refractivity contribution in [2.24, 2.45) is 5.73 Å². The van der Waals surface area contributed by atoms with E-state index in [4.69, 9.17) is 5.73 Å². The minimum atomic E-state index is -1.18. The lowest BCUT2D eigenvalue weighted by Crippen LogP contribution is -2.51. The van der Waals surface area contributed by atoms with Gasteiger partial charge in [0.2, 0.25) is 11.8 Å². The Balaban J connectivity index is 2.40. The standard InChI is InChI=1S/C14H18FN3O4/c1-8(19)12(13(16)21)18-11(20)6-7-17-14(22)9-2-4-10(15)5-3-9/h2-5,8,12,19H,6-7H2,1H3,(H2,16,21)(H,17,22)(H,18,20)/t8-,12+/m1/s1. The Morgan fingerprint density at radius 2 is 1.86 bits per heavy atom. The van der Waals surface area contributed by atoms with E-state index in [1.165, 1.54) is 19.1 Å². The van der Waals surface area contributed by atoms with E-state index in [9.17, 15) is 23.9 Å². The molecule has 7 nitrogen and oxygen atoms in total. The molecule has 0 heterocycles. The van der Waals surface area contributed by atoms with E-state index in [-0.39, 0.29) is 18.5 Å². The van der Waals surface area contributed by atoms with Crippen LogP contribution in [0.3, 0.4) is 0 Å². The molecule has 2 atom stereocenters. The van der Waals surface area contributed by atoms with Crippen LogP contribution in [0.2, 0.25) is 0 Å². The molecule has 0 aliphatic rings. The molecular weight excluding hydrogens is 293 g/mol. The molecular formula is C14H18FN3O4. The minimum Gasteiger partial charge on any atom is -0.391 e. The molecule has 1 aromatic carbocycles. The number of primary amides is 1. The first-order chi connectivity index (χ1) is 10.3. The number of nitrogens with two attached hydrogens (primary N) is 1. The first-order valence-corrected chi connectivity index (χ1v) is 6.61. The fraction of sp³-hybridized carbons (Fsp3) is 0.357. The van der Waals surface area contributed by atoms with Crippen molar-refractivity contribution in [2.75, 3.05) is 6.54 Å². The monoisotopic (exact) mass is 311 g/mol.